The molecule has 2 N–H and O–H groups in total. The van der Waals surface area contributed by atoms with Crippen LogP contribution in [-0.4, -0.2) is 24.5 Å². The third-order valence-corrected chi connectivity index (χ3v) is 3.54. The number of aromatic nitrogens is 5. The monoisotopic (exact) mass is 282 g/mol. The van der Waals surface area contributed by atoms with E-state index in [1.165, 1.54) is 0 Å². The first kappa shape index (κ1) is 13.4. The lowest BCUT2D eigenvalue weighted by molar-refractivity contribution is 0.634. The highest BCUT2D eigenvalue weighted by molar-refractivity contribution is 5.75. The second kappa shape index (κ2) is 5.05. The third kappa shape index (κ3) is 2.18. The average Bonchev–Trinajstić information content (AvgIpc) is 3.00. The Balaban J connectivity index is 2.13. The summed E-state index contributed by atoms with van der Waals surface area (Å²) in [6.07, 6.45) is 3.53. The summed E-state index contributed by atoms with van der Waals surface area (Å²) in [7, 11) is 0. The predicted molar refractivity (Wildman–Crippen MR) is 82.1 cm³/mol. The van der Waals surface area contributed by atoms with E-state index in [9.17, 15) is 0 Å². The molecule has 0 aliphatic heterocycles. The molecule has 3 rings (SSSR count). The quantitative estimate of drug-likeness (QED) is 0.800. The fourth-order valence-electron chi connectivity index (χ4n) is 2.54. The minimum absolute atomic E-state index is 0.627. The Labute approximate surface area is 123 Å². The predicted octanol–water partition coefficient (Wildman–Crippen LogP) is 2.35. The number of rotatable bonds is 3. The van der Waals surface area contributed by atoms with Gasteiger partial charge in [0.25, 0.3) is 0 Å². The molecule has 0 spiro atoms. The molecule has 6 heteroatoms. The van der Waals surface area contributed by atoms with Gasteiger partial charge in [-0.05, 0) is 32.9 Å². The third-order valence-electron chi connectivity index (χ3n) is 3.54. The van der Waals surface area contributed by atoms with Crippen molar-refractivity contribution >= 4 is 5.69 Å². The molecule has 21 heavy (non-hydrogen) atoms. The normalized spacial score (nSPS) is 11.0. The average molecular weight is 282 g/mol. The number of nitrogen functional groups attached to an aromatic ring is 1. The van der Waals surface area contributed by atoms with E-state index in [0.29, 0.717) is 5.69 Å². The number of aryl methyl sites for hydroxylation is 2. The van der Waals surface area contributed by atoms with Crippen LogP contribution in [0.15, 0.2) is 30.6 Å². The molecule has 3 aromatic rings. The lowest BCUT2D eigenvalue weighted by atomic mass is 10.1. The highest BCUT2D eigenvalue weighted by atomic mass is 15.3. The van der Waals surface area contributed by atoms with Gasteiger partial charge in [-0.2, -0.15) is 10.2 Å². The van der Waals surface area contributed by atoms with E-state index in [1.807, 2.05) is 36.7 Å². The van der Waals surface area contributed by atoms with E-state index in [2.05, 4.69) is 22.1 Å². The molecule has 0 fully saturated rings. The first-order valence-corrected chi connectivity index (χ1v) is 6.92. The number of hydrogen-bond donors (Lipinski definition) is 1. The number of hydrogen-bond acceptors (Lipinski definition) is 4. The van der Waals surface area contributed by atoms with Gasteiger partial charge in [-0.1, -0.05) is 6.07 Å². The summed E-state index contributed by atoms with van der Waals surface area (Å²) in [5.41, 5.74) is 10.6. The summed E-state index contributed by atoms with van der Waals surface area (Å²) in [5.74, 6) is 0.744. The van der Waals surface area contributed by atoms with Crippen LogP contribution >= 0.6 is 0 Å². The van der Waals surface area contributed by atoms with Crippen molar-refractivity contribution in [1.29, 1.82) is 0 Å². The van der Waals surface area contributed by atoms with Gasteiger partial charge >= 0.3 is 0 Å². The van der Waals surface area contributed by atoms with Crippen molar-refractivity contribution in [1.82, 2.24) is 24.5 Å². The number of pyridine rings is 1. The molecule has 0 unspecified atom stereocenters. The molecule has 6 nitrogen and oxygen atoms in total. The van der Waals surface area contributed by atoms with Crippen molar-refractivity contribution in [2.24, 2.45) is 0 Å². The van der Waals surface area contributed by atoms with Gasteiger partial charge in [-0.3, -0.25) is 4.68 Å². The summed E-state index contributed by atoms with van der Waals surface area (Å²) >= 11 is 0. The molecule has 0 radical (unpaired) electrons. The van der Waals surface area contributed by atoms with Gasteiger partial charge in [0.15, 0.2) is 5.82 Å². The maximum absolute atomic E-state index is 6.15. The number of anilines is 1. The highest BCUT2D eigenvalue weighted by Crippen LogP contribution is 2.30. The minimum Gasteiger partial charge on any atom is -0.396 e. The van der Waals surface area contributed by atoms with Crippen LogP contribution in [0.2, 0.25) is 0 Å². The van der Waals surface area contributed by atoms with Crippen LogP contribution in [0, 0.1) is 13.8 Å². The molecule has 108 valence electrons. The smallest absolute Gasteiger partial charge is 0.153 e. The summed E-state index contributed by atoms with van der Waals surface area (Å²) in [5, 5.41) is 9.12. The molecule has 3 heterocycles. The number of nitrogens with two attached hydrogens (primary N) is 1. The maximum atomic E-state index is 6.15. The van der Waals surface area contributed by atoms with Gasteiger partial charge < -0.3 is 5.73 Å². The maximum Gasteiger partial charge on any atom is 0.153 e. The molecule has 0 saturated carbocycles. The molecule has 0 aromatic carbocycles. The van der Waals surface area contributed by atoms with Crippen LogP contribution in [-0.2, 0) is 6.54 Å². The first-order valence-electron chi connectivity index (χ1n) is 6.92. The van der Waals surface area contributed by atoms with Crippen LogP contribution < -0.4 is 5.73 Å². The molecule has 0 bridgehead atoms. The Kier molecular flexibility index (Phi) is 3.21. The molecule has 0 aliphatic rings. The van der Waals surface area contributed by atoms with Crippen LogP contribution in [0.25, 0.3) is 17.1 Å². The summed E-state index contributed by atoms with van der Waals surface area (Å²) in [6.45, 7) is 6.92. The molecule has 0 aliphatic carbocycles. The Bertz CT molecular complexity index is 769. The fraction of sp³-hybridized carbons (Fsp3) is 0.267. The summed E-state index contributed by atoms with van der Waals surface area (Å²) in [4.78, 5) is 4.29. The molecular formula is C15H18N6. The van der Waals surface area contributed by atoms with E-state index in [4.69, 9.17) is 5.73 Å². The molecular weight excluding hydrogens is 264 g/mol. The van der Waals surface area contributed by atoms with Gasteiger partial charge in [-0.25, -0.2) is 9.67 Å². The molecule has 0 amide bonds. The highest BCUT2D eigenvalue weighted by Gasteiger charge is 2.18. The van der Waals surface area contributed by atoms with E-state index in [0.717, 1.165) is 35.0 Å². The number of nitrogens with zero attached hydrogens (tertiary/aromatic N) is 5. The minimum atomic E-state index is 0.627. The molecule has 3 aromatic heterocycles. The summed E-state index contributed by atoms with van der Waals surface area (Å²) < 4.78 is 3.66. The van der Waals surface area contributed by atoms with Crippen LogP contribution in [0.5, 0.6) is 0 Å². The lowest BCUT2D eigenvalue weighted by Gasteiger charge is -2.01. The zero-order chi connectivity index (χ0) is 15.0. The SMILES string of the molecule is CCn1nc(C)c(-c2nn(-c3ccccn3)cc2N)c1C. The van der Waals surface area contributed by atoms with Crippen LogP contribution in [0.3, 0.4) is 0 Å². The van der Waals surface area contributed by atoms with Gasteiger partial charge in [0.05, 0.1) is 17.6 Å². The first-order chi connectivity index (χ1) is 10.1. The van der Waals surface area contributed by atoms with E-state index in [1.54, 1.807) is 17.1 Å². The second-order valence-electron chi connectivity index (χ2n) is 4.93. The van der Waals surface area contributed by atoms with Crippen molar-refractivity contribution < 1.29 is 0 Å². The van der Waals surface area contributed by atoms with E-state index in [-0.39, 0.29) is 0 Å². The zero-order valence-corrected chi connectivity index (χ0v) is 12.4. The van der Waals surface area contributed by atoms with Gasteiger partial charge in [0, 0.05) is 24.0 Å². The van der Waals surface area contributed by atoms with Crippen molar-refractivity contribution in [2.75, 3.05) is 5.73 Å². The fourth-order valence-corrected chi connectivity index (χ4v) is 2.54. The Hall–Kier alpha value is -2.63. The van der Waals surface area contributed by atoms with E-state index < -0.39 is 0 Å². The van der Waals surface area contributed by atoms with Crippen LogP contribution in [0.4, 0.5) is 5.69 Å². The van der Waals surface area contributed by atoms with Crippen molar-refractivity contribution in [3.63, 3.8) is 0 Å². The Morgan fingerprint density at radius 2 is 2.00 bits per heavy atom. The Morgan fingerprint density at radius 3 is 2.62 bits per heavy atom. The van der Waals surface area contributed by atoms with Crippen LogP contribution in [0.1, 0.15) is 18.3 Å². The standard InChI is InChI=1S/C15H18N6/c1-4-20-11(3)14(10(2)18-20)15-12(16)9-21(19-15)13-7-5-6-8-17-13/h5-9H,4,16H2,1-3H3. The van der Waals surface area contributed by atoms with Crippen molar-refractivity contribution in [3.8, 4) is 17.1 Å². The van der Waals surface area contributed by atoms with Gasteiger partial charge in [-0.15, -0.1) is 0 Å². The summed E-state index contributed by atoms with van der Waals surface area (Å²) in [6, 6.07) is 5.69. The van der Waals surface area contributed by atoms with Crippen molar-refractivity contribution in [3.05, 3.63) is 42.0 Å². The molecule has 0 atom stereocenters. The van der Waals surface area contributed by atoms with E-state index >= 15 is 0 Å². The zero-order valence-electron chi connectivity index (χ0n) is 12.4. The topological polar surface area (TPSA) is 74.5 Å². The van der Waals surface area contributed by atoms with Crippen molar-refractivity contribution in [2.45, 2.75) is 27.3 Å². The van der Waals surface area contributed by atoms with Gasteiger partial charge in [0.2, 0.25) is 0 Å². The van der Waals surface area contributed by atoms with Gasteiger partial charge in [0.1, 0.15) is 5.69 Å². The Morgan fingerprint density at radius 1 is 1.19 bits per heavy atom. The largest absolute Gasteiger partial charge is 0.396 e. The second-order valence-corrected chi connectivity index (χ2v) is 4.93. The molecule has 0 saturated heterocycles. The lowest BCUT2D eigenvalue weighted by Crippen LogP contribution is -1.99.